The zero-order valence-corrected chi connectivity index (χ0v) is 16.2. The molecule has 4 rings (SSSR count). The largest absolute Gasteiger partial charge is 0.484 e. The third-order valence-electron chi connectivity index (χ3n) is 4.33. The Labute approximate surface area is 162 Å². The smallest absolute Gasteiger partial charge is 0.262 e. The van der Waals surface area contributed by atoms with E-state index in [1.165, 1.54) is 0 Å². The van der Waals surface area contributed by atoms with Crippen molar-refractivity contribution in [2.24, 2.45) is 0 Å². The van der Waals surface area contributed by atoms with E-state index in [0.717, 1.165) is 45.5 Å². The molecule has 1 N–H and O–H groups in total. The number of anilines is 1. The van der Waals surface area contributed by atoms with Gasteiger partial charge in [-0.25, -0.2) is 4.98 Å². The Morgan fingerprint density at radius 2 is 1.93 bits per heavy atom. The summed E-state index contributed by atoms with van der Waals surface area (Å²) in [5.41, 5.74) is 4.98. The van der Waals surface area contributed by atoms with Gasteiger partial charge < -0.3 is 14.6 Å². The summed E-state index contributed by atoms with van der Waals surface area (Å²) in [7, 11) is 0. The van der Waals surface area contributed by atoms with Gasteiger partial charge in [-0.3, -0.25) is 4.79 Å². The maximum absolute atomic E-state index is 12.2. The van der Waals surface area contributed by atoms with Gasteiger partial charge in [0.2, 0.25) is 0 Å². The number of aromatic nitrogens is 2. The molecule has 1 amide bonds. The number of hydrogen-bond acceptors (Lipinski definition) is 4. The predicted octanol–water partition coefficient (Wildman–Crippen LogP) is 4.29. The first-order valence-corrected chi connectivity index (χ1v) is 9.87. The number of nitrogens with one attached hydrogen (secondary N) is 1. The van der Waals surface area contributed by atoms with E-state index < -0.39 is 0 Å². The highest BCUT2D eigenvalue weighted by Gasteiger charge is 2.15. The molecule has 0 fully saturated rings. The van der Waals surface area contributed by atoms with Crippen molar-refractivity contribution < 1.29 is 9.53 Å². The molecule has 0 saturated heterocycles. The zero-order valence-electron chi connectivity index (χ0n) is 15.4. The van der Waals surface area contributed by atoms with Crippen LogP contribution in [0.5, 0.6) is 5.75 Å². The van der Waals surface area contributed by atoms with Gasteiger partial charge in [-0.2, -0.15) is 0 Å². The Morgan fingerprint density at radius 1 is 1.19 bits per heavy atom. The SMILES string of the molecule is Cc1cc(C)cc(OCC(=O)Nc2ccc(-c3cn4c(n3)SCC4)cc2)c1. The van der Waals surface area contributed by atoms with Crippen molar-refractivity contribution >= 4 is 23.4 Å². The number of carbonyl (C=O) groups excluding carboxylic acids is 1. The van der Waals surface area contributed by atoms with Crippen LogP contribution in [0.2, 0.25) is 0 Å². The lowest BCUT2D eigenvalue weighted by Gasteiger charge is -2.09. The van der Waals surface area contributed by atoms with Crippen molar-refractivity contribution in [2.45, 2.75) is 25.5 Å². The molecule has 2 heterocycles. The summed E-state index contributed by atoms with van der Waals surface area (Å²) in [6.07, 6.45) is 2.08. The van der Waals surface area contributed by atoms with Crippen LogP contribution in [-0.2, 0) is 11.3 Å². The van der Waals surface area contributed by atoms with Crippen LogP contribution in [0.4, 0.5) is 5.69 Å². The van der Waals surface area contributed by atoms with E-state index in [1.54, 1.807) is 11.8 Å². The van der Waals surface area contributed by atoms with Crippen molar-refractivity contribution in [3.8, 4) is 17.0 Å². The molecule has 3 aromatic rings. The monoisotopic (exact) mass is 379 g/mol. The number of benzene rings is 2. The van der Waals surface area contributed by atoms with Gasteiger partial charge in [-0.05, 0) is 49.2 Å². The van der Waals surface area contributed by atoms with Crippen LogP contribution in [0, 0.1) is 13.8 Å². The van der Waals surface area contributed by atoms with Gasteiger partial charge in [-0.15, -0.1) is 0 Å². The fourth-order valence-electron chi connectivity index (χ4n) is 3.14. The third kappa shape index (κ3) is 4.17. The second kappa shape index (κ2) is 7.48. The summed E-state index contributed by atoms with van der Waals surface area (Å²) in [6, 6.07) is 13.7. The number of rotatable bonds is 5. The van der Waals surface area contributed by atoms with Crippen LogP contribution in [0.3, 0.4) is 0 Å². The first-order chi connectivity index (χ1) is 13.1. The van der Waals surface area contributed by atoms with Crippen LogP contribution in [0.1, 0.15) is 11.1 Å². The highest BCUT2D eigenvalue weighted by molar-refractivity contribution is 7.99. The topological polar surface area (TPSA) is 56.1 Å². The summed E-state index contributed by atoms with van der Waals surface area (Å²) in [6.45, 7) is 5.02. The Bertz CT molecular complexity index is 938. The van der Waals surface area contributed by atoms with Gasteiger partial charge in [-0.1, -0.05) is 30.0 Å². The number of thioether (sulfide) groups is 1. The minimum absolute atomic E-state index is 0.0182. The minimum Gasteiger partial charge on any atom is -0.484 e. The molecule has 0 spiro atoms. The lowest BCUT2D eigenvalue weighted by molar-refractivity contribution is -0.118. The number of nitrogens with zero attached hydrogens (tertiary/aromatic N) is 2. The van der Waals surface area contributed by atoms with Crippen LogP contribution in [-0.4, -0.2) is 27.8 Å². The van der Waals surface area contributed by atoms with E-state index >= 15 is 0 Å². The maximum atomic E-state index is 12.2. The van der Waals surface area contributed by atoms with Gasteiger partial charge in [0.1, 0.15) is 5.75 Å². The predicted molar refractivity (Wildman–Crippen MR) is 108 cm³/mol. The molecule has 0 saturated carbocycles. The first-order valence-electron chi connectivity index (χ1n) is 8.88. The maximum Gasteiger partial charge on any atom is 0.262 e. The number of imidazole rings is 1. The number of ether oxygens (including phenoxy) is 1. The van der Waals surface area contributed by atoms with Gasteiger partial charge >= 0.3 is 0 Å². The molecule has 1 aliphatic heterocycles. The fraction of sp³-hybridized carbons (Fsp3) is 0.238. The molecule has 5 nitrogen and oxygen atoms in total. The second-order valence-corrected chi connectivity index (χ2v) is 7.75. The second-order valence-electron chi connectivity index (χ2n) is 6.69. The molecule has 138 valence electrons. The Hall–Kier alpha value is -2.73. The summed E-state index contributed by atoms with van der Waals surface area (Å²) in [4.78, 5) is 16.8. The van der Waals surface area contributed by atoms with E-state index in [1.807, 2.05) is 50.2 Å². The fourth-order valence-corrected chi connectivity index (χ4v) is 4.08. The molecule has 0 aliphatic carbocycles. The van der Waals surface area contributed by atoms with Gasteiger partial charge in [0.15, 0.2) is 11.8 Å². The summed E-state index contributed by atoms with van der Waals surface area (Å²) >= 11 is 1.78. The Morgan fingerprint density at radius 3 is 2.63 bits per heavy atom. The van der Waals surface area contributed by atoms with Gasteiger partial charge in [0.25, 0.3) is 5.91 Å². The van der Waals surface area contributed by atoms with Crippen molar-refractivity contribution in [3.63, 3.8) is 0 Å². The Kier molecular flexibility index (Phi) is 4.90. The number of amides is 1. The normalized spacial score (nSPS) is 12.7. The van der Waals surface area contributed by atoms with Gasteiger partial charge in [0.05, 0.1) is 5.69 Å². The van der Waals surface area contributed by atoms with Crippen LogP contribution >= 0.6 is 11.8 Å². The van der Waals surface area contributed by atoms with E-state index in [0.29, 0.717) is 5.75 Å². The average molecular weight is 379 g/mol. The third-order valence-corrected chi connectivity index (χ3v) is 5.30. The van der Waals surface area contributed by atoms with E-state index in [-0.39, 0.29) is 12.5 Å². The van der Waals surface area contributed by atoms with Crippen molar-refractivity contribution in [2.75, 3.05) is 17.7 Å². The average Bonchev–Trinajstić information content (AvgIpc) is 3.22. The lowest BCUT2D eigenvalue weighted by atomic mass is 10.1. The highest BCUT2D eigenvalue weighted by atomic mass is 32.2. The Balaban J connectivity index is 1.35. The van der Waals surface area contributed by atoms with Crippen molar-refractivity contribution in [1.82, 2.24) is 9.55 Å². The van der Waals surface area contributed by atoms with Crippen molar-refractivity contribution in [3.05, 3.63) is 59.8 Å². The van der Waals surface area contributed by atoms with Crippen LogP contribution in [0.25, 0.3) is 11.3 Å². The summed E-state index contributed by atoms with van der Waals surface area (Å²) < 4.78 is 7.78. The molecule has 1 aromatic heterocycles. The summed E-state index contributed by atoms with van der Waals surface area (Å²) in [5, 5.41) is 3.94. The molecule has 0 unspecified atom stereocenters. The van der Waals surface area contributed by atoms with Crippen LogP contribution < -0.4 is 10.1 Å². The molecule has 0 radical (unpaired) electrons. The molecule has 6 heteroatoms. The molecule has 2 aromatic carbocycles. The highest BCUT2D eigenvalue weighted by Crippen LogP contribution is 2.29. The lowest BCUT2D eigenvalue weighted by Crippen LogP contribution is -2.20. The summed E-state index contributed by atoms with van der Waals surface area (Å²) in [5.74, 6) is 1.63. The van der Waals surface area contributed by atoms with E-state index in [4.69, 9.17) is 4.74 Å². The molecule has 0 atom stereocenters. The van der Waals surface area contributed by atoms with Gasteiger partial charge in [0, 0.05) is 29.7 Å². The first kappa shape index (κ1) is 17.7. The van der Waals surface area contributed by atoms with E-state index in [9.17, 15) is 4.79 Å². The molecule has 0 bridgehead atoms. The van der Waals surface area contributed by atoms with E-state index in [2.05, 4.69) is 27.1 Å². The standard InChI is InChI=1S/C21H21N3O2S/c1-14-9-15(2)11-18(10-14)26-13-20(25)22-17-5-3-16(4-6-17)19-12-24-7-8-27-21(24)23-19/h3-6,9-12H,7-8,13H2,1-2H3,(H,22,25). The zero-order chi connectivity index (χ0) is 18.8. The van der Waals surface area contributed by atoms with Crippen molar-refractivity contribution in [1.29, 1.82) is 0 Å². The number of carbonyl (C=O) groups is 1. The number of fused-ring (bicyclic) bond motifs is 1. The molecule has 27 heavy (non-hydrogen) atoms. The molecular weight excluding hydrogens is 358 g/mol. The number of hydrogen-bond donors (Lipinski definition) is 1. The molecular formula is C21H21N3O2S. The quantitative estimate of drug-likeness (QED) is 0.718. The number of aryl methyl sites for hydroxylation is 3. The molecule has 1 aliphatic rings. The minimum atomic E-state index is -0.181. The van der Waals surface area contributed by atoms with Crippen LogP contribution in [0.15, 0.2) is 53.8 Å².